The molecular weight excluding hydrogens is 372 g/mol. The van der Waals surface area contributed by atoms with Crippen molar-refractivity contribution >= 4 is 27.5 Å². The minimum Gasteiger partial charge on any atom is -0.349 e. The van der Waals surface area contributed by atoms with Crippen molar-refractivity contribution in [1.29, 1.82) is 0 Å². The zero-order chi connectivity index (χ0) is 18.7. The lowest BCUT2D eigenvalue weighted by Crippen LogP contribution is -2.41. The summed E-state index contributed by atoms with van der Waals surface area (Å²) in [5, 5.41) is 3.24. The topological polar surface area (TPSA) is 66.5 Å². The highest BCUT2D eigenvalue weighted by molar-refractivity contribution is 7.89. The summed E-state index contributed by atoms with van der Waals surface area (Å²) in [5.41, 5.74) is 0.350. The van der Waals surface area contributed by atoms with Crippen molar-refractivity contribution in [3.63, 3.8) is 0 Å². The molecule has 1 amide bonds. The van der Waals surface area contributed by atoms with Gasteiger partial charge in [0, 0.05) is 24.7 Å². The first-order valence-corrected chi connectivity index (χ1v) is 11.3. The number of carbonyl (C=O) groups excluding carboxylic acids is 1. The average Bonchev–Trinajstić information content (AvgIpc) is 2.64. The zero-order valence-corrected chi connectivity index (χ0v) is 16.8. The number of benzene rings is 1. The van der Waals surface area contributed by atoms with Crippen LogP contribution in [0.15, 0.2) is 23.1 Å². The lowest BCUT2D eigenvalue weighted by Gasteiger charge is -2.29. The van der Waals surface area contributed by atoms with Crippen molar-refractivity contribution in [3.05, 3.63) is 28.8 Å². The maximum atomic E-state index is 12.9. The van der Waals surface area contributed by atoms with E-state index >= 15 is 0 Å². The highest BCUT2D eigenvalue weighted by Crippen LogP contribution is 2.28. The molecule has 2 atom stereocenters. The van der Waals surface area contributed by atoms with Gasteiger partial charge in [0.1, 0.15) is 4.90 Å². The monoisotopic (exact) mass is 398 g/mol. The Kier molecular flexibility index (Phi) is 6.25. The fourth-order valence-electron chi connectivity index (χ4n) is 3.87. The molecule has 0 unspecified atom stereocenters. The summed E-state index contributed by atoms with van der Waals surface area (Å²) in [5.74, 6) is 0.215. The van der Waals surface area contributed by atoms with Gasteiger partial charge in [0.15, 0.2) is 0 Å². The summed E-state index contributed by atoms with van der Waals surface area (Å²) in [4.78, 5) is 12.7. The van der Waals surface area contributed by atoms with E-state index in [0.717, 1.165) is 38.5 Å². The van der Waals surface area contributed by atoms with E-state index in [4.69, 9.17) is 11.6 Å². The van der Waals surface area contributed by atoms with Crippen LogP contribution in [0.1, 0.15) is 62.2 Å². The molecule has 1 heterocycles. The Labute approximate surface area is 161 Å². The van der Waals surface area contributed by atoms with Crippen LogP contribution in [-0.2, 0) is 10.0 Å². The first kappa shape index (κ1) is 19.6. The van der Waals surface area contributed by atoms with E-state index in [2.05, 4.69) is 12.2 Å². The van der Waals surface area contributed by atoms with Gasteiger partial charge in [0.2, 0.25) is 10.0 Å². The fraction of sp³-hybridized carbons (Fsp3) is 0.632. The summed E-state index contributed by atoms with van der Waals surface area (Å²) in [6, 6.07) is 4.68. The number of hydrogen-bond acceptors (Lipinski definition) is 3. The van der Waals surface area contributed by atoms with Gasteiger partial charge in [0.25, 0.3) is 5.91 Å². The van der Waals surface area contributed by atoms with Crippen LogP contribution in [0.5, 0.6) is 0 Å². The van der Waals surface area contributed by atoms with Gasteiger partial charge < -0.3 is 5.32 Å². The molecule has 2 fully saturated rings. The number of nitrogens with one attached hydrogen (secondary N) is 1. The summed E-state index contributed by atoms with van der Waals surface area (Å²) in [7, 11) is -3.67. The molecule has 0 radical (unpaired) electrons. The first-order chi connectivity index (χ1) is 12.4. The number of carbonyl (C=O) groups is 1. The third kappa shape index (κ3) is 4.24. The van der Waals surface area contributed by atoms with E-state index in [0.29, 0.717) is 24.6 Å². The van der Waals surface area contributed by atoms with Gasteiger partial charge in [-0.3, -0.25) is 4.79 Å². The first-order valence-electron chi connectivity index (χ1n) is 9.50. The quantitative estimate of drug-likeness (QED) is 0.838. The Morgan fingerprint density at radius 1 is 1.12 bits per heavy atom. The molecule has 0 spiro atoms. The van der Waals surface area contributed by atoms with Gasteiger partial charge in [-0.1, -0.05) is 37.8 Å². The Hall–Kier alpha value is -1.11. The van der Waals surface area contributed by atoms with Gasteiger partial charge in [-0.2, -0.15) is 4.31 Å². The molecule has 1 aromatic rings. The largest absolute Gasteiger partial charge is 0.349 e. The van der Waals surface area contributed by atoms with Crippen LogP contribution in [0.2, 0.25) is 5.02 Å². The van der Waals surface area contributed by atoms with E-state index in [1.807, 2.05) is 0 Å². The summed E-state index contributed by atoms with van der Waals surface area (Å²) >= 11 is 6.18. The van der Waals surface area contributed by atoms with Crippen LogP contribution in [0.25, 0.3) is 0 Å². The molecule has 1 saturated heterocycles. The Morgan fingerprint density at radius 3 is 2.50 bits per heavy atom. The zero-order valence-electron chi connectivity index (χ0n) is 15.2. The SMILES string of the molecule is C[C@H]1CCCC[C@@H]1NC(=O)c1ccc(Cl)c(S(=O)(=O)N2CCCCC2)c1. The minimum absolute atomic E-state index is 0.0328. The highest BCUT2D eigenvalue weighted by atomic mass is 35.5. The van der Waals surface area contributed by atoms with Crippen molar-refractivity contribution < 1.29 is 13.2 Å². The van der Waals surface area contributed by atoms with Crippen molar-refractivity contribution in [2.45, 2.75) is 62.8 Å². The van der Waals surface area contributed by atoms with E-state index in [-0.39, 0.29) is 21.9 Å². The Morgan fingerprint density at radius 2 is 1.81 bits per heavy atom. The van der Waals surface area contributed by atoms with Gasteiger partial charge in [-0.05, 0) is 49.8 Å². The van der Waals surface area contributed by atoms with Gasteiger partial charge in [0.05, 0.1) is 5.02 Å². The fourth-order valence-corrected chi connectivity index (χ4v) is 5.89. The van der Waals surface area contributed by atoms with Crippen LogP contribution in [0, 0.1) is 5.92 Å². The van der Waals surface area contributed by atoms with E-state index in [9.17, 15) is 13.2 Å². The number of rotatable bonds is 4. The maximum absolute atomic E-state index is 12.9. The van der Waals surface area contributed by atoms with Gasteiger partial charge in [-0.25, -0.2) is 8.42 Å². The van der Waals surface area contributed by atoms with Crippen LogP contribution < -0.4 is 5.32 Å². The van der Waals surface area contributed by atoms with Gasteiger partial charge in [-0.15, -0.1) is 0 Å². The molecule has 1 aliphatic carbocycles. The third-order valence-electron chi connectivity index (χ3n) is 5.55. The molecule has 1 saturated carbocycles. The molecule has 5 nitrogen and oxygen atoms in total. The van der Waals surface area contributed by atoms with Crippen molar-refractivity contribution in [3.8, 4) is 0 Å². The van der Waals surface area contributed by atoms with Crippen molar-refractivity contribution in [1.82, 2.24) is 9.62 Å². The summed E-state index contributed by atoms with van der Waals surface area (Å²) < 4.78 is 27.3. The molecule has 0 bridgehead atoms. The standard InChI is InChI=1S/C19H27ClN2O3S/c1-14-7-3-4-8-17(14)21-19(23)15-9-10-16(20)18(13-15)26(24,25)22-11-5-2-6-12-22/h9-10,13-14,17H,2-8,11-12H2,1H3,(H,21,23)/t14-,17-/m0/s1. The third-order valence-corrected chi connectivity index (χ3v) is 7.93. The van der Waals surface area contributed by atoms with Crippen LogP contribution in [0.4, 0.5) is 0 Å². The predicted molar refractivity (Wildman–Crippen MR) is 103 cm³/mol. The molecular formula is C19H27ClN2O3S. The average molecular weight is 399 g/mol. The lowest BCUT2D eigenvalue weighted by atomic mass is 9.86. The van der Waals surface area contributed by atoms with Crippen molar-refractivity contribution in [2.75, 3.05) is 13.1 Å². The number of sulfonamides is 1. The Balaban J connectivity index is 1.81. The van der Waals surface area contributed by atoms with E-state index in [1.165, 1.54) is 22.9 Å². The Bertz CT molecular complexity index is 760. The molecule has 1 N–H and O–H groups in total. The van der Waals surface area contributed by atoms with E-state index < -0.39 is 10.0 Å². The molecule has 3 rings (SSSR count). The normalized spacial score (nSPS) is 25.0. The molecule has 7 heteroatoms. The smallest absolute Gasteiger partial charge is 0.251 e. The minimum atomic E-state index is -3.67. The number of halogens is 1. The highest BCUT2D eigenvalue weighted by Gasteiger charge is 2.29. The molecule has 1 aromatic carbocycles. The van der Waals surface area contributed by atoms with Crippen LogP contribution in [-0.4, -0.2) is 37.8 Å². The second-order valence-corrected chi connectivity index (χ2v) is 9.77. The second kappa shape index (κ2) is 8.28. The lowest BCUT2D eigenvalue weighted by molar-refractivity contribution is 0.0910. The maximum Gasteiger partial charge on any atom is 0.251 e. The number of hydrogen-bond donors (Lipinski definition) is 1. The molecule has 1 aliphatic heterocycles. The van der Waals surface area contributed by atoms with Crippen LogP contribution in [0.3, 0.4) is 0 Å². The van der Waals surface area contributed by atoms with Gasteiger partial charge >= 0.3 is 0 Å². The summed E-state index contributed by atoms with van der Waals surface area (Å²) in [6.45, 7) is 3.17. The number of piperidine rings is 1. The molecule has 26 heavy (non-hydrogen) atoms. The molecule has 144 valence electrons. The summed E-state index contributed by atoms with van der Waals surface area (Å²) in [6.07, 6.45) is 7.16. The van der Waals surface area contributed by atoms with Crippen molar-refractivity contribution in [2.24, 2.45) is 5.92 Å². The predicted octanol–water partition coefficient (Wildman–Crippen LogP) is 3.82. The number of amides is 1. The van der Waals surface area contributed by atoms with Crippen LogP contribution >= 0.6 is 11.6 Å². The van der Waals surface area contributed by atoms with E-state index in [1.54, 1.807) is 6.07 Å². The molecule has 2 aliphatic rings. The molecule has 0 aromatic heterocycles. The second-order valence-electron chi connectivity index (χ2n) is 7.45. The number of nitrogens with zero attached hydrogens (tertiary/aromatic N) is 1.